The van der Waals surface area contributed by atoms with Gasteiger partial charge in [-0.05, 0) is 75.2 Å². The van der Waals surface area contributed by atoms with Crippen LogP contribution in [-0.2, 0) is 17.2 Å². The molecule has 0 heterocycles. The summed E-state index contributed by atoms with van der Waals surface area (Å²) < 4.78 is 5.52. The lowest BCUT2D eigenvalue weighted by atomic mass is 9.80. The lowest BCUT2D eigenvalue weighted by Gasteiger charge is -2.29. The lowest BCUT2D eigenvalue weighted by molar-refractivity contribution is 0.102. The summed E-state index contributed by atoms with van der Waals surface area (Å²) in [5.74, 6) is 0.0729. The summed E-state index contributed by atoms with van der Waals surface area (Å²) in [5.41, 5.74) is 4.85. The first kappa shape index (κ1) is 31.1. The molecule has 0 aliphatic heterocycles. The third kappa shape index (κ3) is 7.32. The number of rotatable bonds is 8. The Morgan fingerprint density at radius 1 is 0.786 bits per heavy atom. The van der Waals surface area contributed by atoms with Crippen molar-refractivity contribution in [3.63, 3.8) is 0 Å². The average molecular weight is 624 g/mol. The quantitative estimate of drug-likeness (QED) is 0.151. The van der Waals surface area contributed by atoms with Gasteiger partial charge in [-0.15, -0.1) is 23.2 Å². The van der Waals surface area contributed by atoms with Gasteiger partial charge in [-0.2, -0.15) is 0 Å². The lowest BCUT2D eigenvalue weighted by Crippen LogP contribution is -2.24. The highest BCUT2D eigenvalue weighted by atomic mass is 35.5. The number of carbonyl (C=O) groups excluding carboxylic acids is 3. The summed E-state index contributed by atoms with van der Waals surface area (Å²) in [6, 6.07) is 24.9. The maximum absolute atomic E-state index is 13.5. The molecule has 0 fully saturated rings. The van der Waals surface area contributed by atoms with E-state index in [1.165, 1.54) is 12.1 Å². The van der Waals surface area contributed by atoms with E-state index in [4.69, 9.17) is 39.5 Å². The number of benzene rings is 4. The molecule has 2 N–H and O–H groups in total. The van der Waals surface area contributed by atoms with Crippen molar-refractivity contribution in [2.45, 2.75) is 37.9 Å². The van der Waals surface area contributed by atoms with Crippen LogP contribution in [0.1, 0.15) is 58.2 Å². The van der Waals surface area contributed by atoms with Crippen molar-refractivity contribution in [1.82, 2.24) is 0 Å². The van der Waals surface area contributed by atoms with Crippen molar-refractivity contribution < 1.29 is 19.1 Å². The minimum atomic E-state index is -0.879. The van der Waals surface area contributed by atoms with Gasteiger partial charge < -0.3 is 10.1 Å². The van der Waals surface area contributed by atoms with Crippen molar-refractivity contribution in [2.75, 3.05) is 10.6 Å². The largest absolute Gasteiger partial charge is 0.417 e. The molecule has 4 aromatic rings. The predicted molar refractivity (Wildman–Crippen MR) is 170 cm³/mol. The summed E-state index contributed by atoms with van der Waals surface area (Å²) in [6.07, 6.45) is -0.879. The Bertz CT molecular complexity index is 1620. The normalized spacial score (nSPS) is 11.1. The van der Waals surface area contributed by atoms with Gasteiger partial charge in [0.15, 0.2) is 0 Å². The van der Waals surface area contributed by atoms with Crippen molar-refractivity contribution in [2.24, 2.45) is 0 Å². The summed E-state index contributed by atoms with van der Waals surface area (Å²) >= 11 is 17.6. The van der Waals surface area contributed by atoms with Gasteiger partial charge >= 0.3 is 6.09 Å². The van der Waals surface area contributed by atoms with Crippen molar-refractivity contribution >= 4 is 63.4 Å². The fraction of sp³-hybridized carbons (Fsp3) is 0.182. The molecule has 4 aromatic carbocycles. The number of nitrogens with one attached hydrogen (secondary N) is 2. The maximum Gasteiger partial charge on any atom is 0.417 e. The van der Waals surface area contributed by atoms with Crippen LogP contribution in [0.15, 0.2) is 84.9 Å². The zero-order valence-electron chi connectivity index (χ0n) is 23.3. The van der Waals surface area contributed by atoms with Crippen molar-refractivity contribution in [3.05, 3.63) is 113 Å². The van der Waals surface area contributed by atoms with Crippen LogP contribution >= 0.6 is 34.8 Å². The monoisotopic (exact) mass is 622 g/mol. The standard InChI is InChI=1S/C33H29Cl3N2O4/c1-33(2,3)28-24(22-7-5-4-6-8-22)15-16-26(29(28)38-31(40)23-12-9-20(18-34)10-13-23)37-32(41)42-27-17-21(19-35)11-14-25(27)30(36)39/h4-17H,18-19H2,1-3H3,(H,37,41)(H,38,40). The first-order chi connectivity index (χ1) is 20.0. The van der Waals surface area contributed by atoms with Crippen LogP contribution in [0.3, 0.4) is 0 Å². The number of carbonyl (C=O) groups is 3. The molecule has 0 saturated carbocycles. The number of ether oxygens (including phenoxy) is 1. The van der Waals surface area contributed by atoms with Crippen LogP contribution < -0.4 is 15.4 Å². The van der Waals surface area contributed by atoms with E-state index in [-0.39, 0.29) is 23.1 Å². The van der Waals surface area contributed by atoms with Gasteiger partial charge in [0.2, 0.25) is 0 Å². The van der Waals surface area contributed by atoms with Gasteiger partial charge in [0, 0.05) is 17.3 Å². The van der Waals surface area contributed by atoms with Crippen LogP contribution in [0.25, 0.3) is 11.1 Å². The van der Waals surface area contributed by atoms with Crippen LogP contribution in [0.2, 0.25) is 0 Å². The fourth-order valence-corrected chi connectivity index (χ4v) is 5.04. The second-order valence-electron chi connectivity index (χ2n) is 10.6. The Balaban J connectivity index is 1.79. The molecule has 0 bridgehead atoms. The Morgan fingerprint density at radius 3 is 2.02 bits per heavy atom. The van der Waals surface area contributed by atoms with E-state index in [2.05, 4.69) is 10.6 Å². The van der Waals surface area contributed by atoms with E-state index in [9.17, 15) is 14.4 Å². The minimum absolute atomic E-state index is 0.0180. The molecule has 9 heteroatoms. The zero-order valence-corrected chi connectivity index (χ0v) is 25.5. The second-order valence-corrected chi connectivity index (χ2v) is 11.4. The summed E-state index contributed by atoms with van der Waals surface area (Å²) in [7, 11) is 0. The van der Waals surface area contributed by atoms with E-state index < -0.39 is 16.8 Å². The highest BCUT2D eigenvalue weighted by Crippen LogP contribution is 2.42. The number of amides is 2. The predicted octanol–water partition coefficient (Wildman–Crippen LogP) is 9.37. The first-order valence-corrected chi connectivity index (χ1v) is 14.5. The number of halogens is 3. The van der Waals surface area contributed by atoms with Gasteiger partial charge in [-0.25, -0.2) is 4.79 Å². The molecule has 0 atom stereocenters. The van der Waals surface area contributed by atoms with E-state index in [0.29, 0.717) is 28.4 Å². The molecule has 4 rings (SSSR count). The molecule has 216 valence electrons. The van der Waals surface area contributed by atoms with Gasteiger partial charge in [-0.3, -0.25) is 14.9 Å². The number of hydrogen-bond donors (Lipinski definition) is 2. The smallest absolute Gasteiger partial charge is 0.409 e. The zero-order chi connectivity index (χ0) is 30.4. The Morgan fingerprint density at radius 2 is 1.43 bits per heavy atom. The SMILES string of the molecule is CC(C)(C)c1c(-c2ccccc2)ccc(NC(=O)Oc2cc(CCl)ccc2C(=O)Cl)c1NC(=O)c1ccc(CCl)cc1. The maximum atomic E-state index is 13.5. The molecular weight excluding hydrogens is 595 g/mol. The van der Waals surface area contributed by atoms with E-state index >= 15 is 0 Å². The van der Waals surface area contributed by atoms with E-state index in [1.54, 1.807) is 36.4 Å². The number of anilines is 2. The molecule has 0 aliphatic carbocycles. The molecule has 0 aromatic heterocycles. The molecule has 2 amide bonds. The van der Waals surface area contributed by atoms with E-state index in [0.717, 1.165) is 22.3 Å². The molecule has 6 nitrogen and oxygen atoms in total. The van der Waals surface area contributed by atoms with Crippen LogP contribution in [-0.4, -0.2) is 17.2 Å². The van der Waals surface area contributed by atoms with Crippen LogP contribution in [0, 0.1) is 0 Å². The summed E-state index contributed by atoms with van der Waals surface area (Å²) in [4.78, 5) is 38.7. The number of alkyl halides is 2. The topological polar surface area (TPSA) is 84.5 Å². The van der Waals surface area contributed by atoms with Crippen LogP contribution in [0.4, 0.5) is 16.2 Å². The fourth-order valence-electron chi connectivity index (χ4n) is 4.54. The average Bonchev–Trinajstić information content (AvgIpc) is 2.97. The van der Waals surface area contributed by atoms with Gasteiger partial charge in [0.1, 0.15) is 5.75 Å². The van der Waals surface area contributed by atoms with Gasteiger partial charge in [0.05, 0.1) is 16.9 Å². The molecule has 42 heavy (non-hydrogen) atoms. The summed E-state index contributed by atoms with van der Waals surface area (Å²) in [6.45, 7) is 6.08. The number of hydrogen-bond acceptors (Lipinski definition) is 4. The van der Waals surface area contributed by atoms with Crippen LogP contribution in [0.5, 0.6) is 5.75 Å². The van der Waals surface area contributed by atoms with Gasteiger partial charge in [-0.1, -0.05) is 75.4 Å². The molecule has 0 unspecified atom stereocenters. The highest BCUT2D eigenvalue weighted by molar-refractivity contribution is 6.68. The third-order valence-corrected chi connectivity index (χ3v) is 7.32. The molecular formula is C33H29Cl3N2O4. The Labute approximate surface area is 259 Å². The molecule has 0 radical (unpaired) electrons. The van der Waals surface area contributed by atoms with E-state index in [1.807, 2.05) is 57.2 Å². The highest BCUT2D eigenvalue weighted by Gasteiger charge is 2.27. The Hall–Kier alpha value is -3.84. The second kappa shape index (κ2) is 13.4. The molecule has 0 aliphatic rings. The Kier molecular flexibility index (Phi) is 9.94. The minimum Gasteiger partial charge on any atom is -0.409 e. The summed E-state index contributed by atoms with van der Waals surface area (Å²) in [5, 5.41) is 5.00. The molecule has 0 saturated heterocycles. The van der Waals surface area contributed by atoms with Gasteiger partial charge in [0.25, 0.3) is 11.1 Å². The molecule has 0 spiro atoms. The van der Waals surface area contributed by atoms with Crippen molar-refractivity contribution in [3.8, 4) is 16.9 Å². The van der Waals surface area contributed by atoms with Crippen molar-refractivity contribution in [1.29, 1.82) is 0 Å². The first-order valence-electron chi connectivity index (χ1n) is 13.1. The third-order valence-electron chi connectivity index (χ3n) is 6.50.